The average molecular weight is 165 g/mol. The van der Waals surface area contributed by atoms with Gasteiger partial charge in [-0.25, -0.2) is 0 Å². The van der Waals surface area contributed by atoms with Crippen LogP contribution >= 0.6 is 15.9 Å². The Hall–Kier alpha value is -0.310. The summed E-state index contributed by atoms with van der Waals surface area (Å²) in [7, 11) is 1.48. The fourth-order valence-electron chi connectivity index (χ4n) is 0.140. The molecule has 0 aliphatic heterocycles. The molecule has 0 amide bonds. The Labute approximate surface area is 50.3 Å². The van der Waals surface area contributed by atoms with Gasteiger partial charge in [-0.05, 0) is 15.9 Å². The van der Waals surface area contributed by atoms with E-state index in [0.29, 0.717) is 10.8 Å². The first-order valence-electron chi connectivity index (χ1n) is 1.65. The summed E-state index contributed by atoms with van der Waals surface area (Å²) in [6.07, 6.45) is 1.97. The molecule has 0 spiro atoms. The van der Waals surface area contributed by atoms with Crippen molar-refractivity contribution in [3.05, 3.63) is 10.7 Å². The summed E-state index contributed by atoms with van der Waals surface area (Å²) < 4.78 is 4.87. The van der Waals surface area contributed by atoms with E-state index >= 15 is 0 Å². The SMILES string of the molecule is CO/C=C(/Br)C=O. The third-order valence-corrected chi connectivity index (χ3v) is 0.717. The lowest BCUT2D eigenvalue weighted by molar-refractivity contribution is -0.104. The maximum atomic E-state index is 9.70. The molecule has 2 nitrogen and oxygen atoms in total. The molecule has 0 unspecified atom stereocenters. The molecule has 0 rings (SSSR count). The number of aldehydes is 1. The van der Waals surface area contributed by atoms with E-state index in [9.17, 15) is 4.79 Å². The predicted octanol–water partition coefficient (Wildman–Crippen LogP) is 1.07. The van der Waals surface area contributed by atoms with E-state index in [4.69, 9.17) is 0 Å². The number of allylic oxidation sites excluding steroid dienone is 1. The quantitative estimate of drug-likeness (QED) is 0.347. The number of hydrogen-bond donors (Lipinski definition) is 0. The van der Waals surface area contributed by atoms with E-state index in [-0.39, 0.29) is 0 Å². The van der Waals surface area contributed by atoms with Gasteiger partial charge < -0.3 is 4.74 Å². The summed E-state index contributed by atoms with van der Waals surface area (Å²) in [5, 5.41) is 0. The zero-order chi connectivity index (χ0) is 5.70. The smallest absolute Gasteiger partial charge is 0.160 e. The topological polar surface area (TPSA) is 26.3 Å². The Morgan fingerprint density at radius 2 is 2.43 bits per heavy atom. The van der Waals surface area contributed by atoms with Crippen LogP contribution in [0.25, 0.3) is 0 Å². The molecular weight excluding hydrogens is 160 g/mol. The lowest BCUT2D eigenvalue weighted by atomic mass is 10.7. The molecule has 0 bridgehead atoms. The van der Waals surface area contributed by atoms with E-state index in [1.165, 1.54) is 13.4 Å². The van der Waals surface area contributed by atoms with Gasteiger partial charge in [0.05, 0.1) is 17.9 Å². The van der Waals surface area contributed by atoms with Crippen LogP contribution in [0.1, 0.15) is 0 Å². The highest BCUT2D eigenvalue weighted by molar-refractivity contribution is 9.12. The molecule has 0 aliphatic rings. The van der Waals surface area contributed by atoms with E-state index in [2.05, 4.69) is 20.7 Å². The standard InChI is InChI=1S/C4H5BrO2/c1-7-3-4(5)2-6/h2-3H,1H3/b4-3+. The Balaban J connectivity index is 3.49. The van der Waals surface area contributed by atoms with Crippen molar-refractivity contribution in [1.29, 1.82) is 0 Å². The summed E-state index contributed by atoms with van der Waals surface area (Å²) in [6.45, 7) is 0. The Morgan fingerprint density at radius 3 is 2.57 bits per heavy atom. The van der Waals surface area contributed by atoms with Gasteiger partial charge in [-0.2, -0.15) is 0 Å². The molecule has 0 radical (unpaired) electrons. The Bertz CT molecular complexity index is 87.7. The minimum atomic E-state index is 0.412. The summed E-state index contributed by atoms with van der Waals surface area (Å²) in [5.41, 5.74) is 0. The summed E-state index contributed by atoms with van der Waals surface area (Å²) >= 11 is 2.90. The summed E-state index contributed by atoms with van der Waals surface area (Å²) in [6, 6.07) is 0. The van der Waals surface area contributed by atoms with Crippen LogP contribution in [-0.4, -0.2) is 13.4 Å². The van der Waals surface area contributed by atoms with Gasteiger partial charge in [0, 0.05) is 0 Å². The first-order chi connectivity index (χ1) is 3.31. The molecule has 0 heterocycles. The first kappa shape index (κ1) is 6.69. The molecule has 0 atom stereocenters. The molecule has 0 aliphatic carbocycles. The van der Waals surface area contributed by atoms with Crippen molar-refractivity contribution in [3.63, 3.8) is 0 Å². The van der Waals surface area contributed by atoms with Gasteiger partial charge in [-0.3, -0.25) is 4.79 Å². The maximum absolute atomic E-state index is 9.70. The highest BCUT2D eigenvalue weighted by Gasteiger charge is 1.80. The van der Waals surface area contributed by atoms with Crippen molar-refractivity contribution in [1.82, 2.24) is 0 Å². The summed E-state index contributed by atoms with van der Waals surface area (Å²) in [5.74, 6) is 0. The van der Waals surface area contributed by atoms with Crippen LogP contribution in [0.5, 0.6) is 0 Å². The lowest BCUT2D eigenvalue weighted by Gasteiger charge is -1.82. The number of methoxy groups -OCH3 is 1. The molecule has 0 aromatic rings. The van der Waals surface area contributed by atoms with Crippen LogP contribution in [0, 0.1) is 0 Å². The predicted molar refractivity (Wildman–Crippen MR) is 30.1 cm³/mol. The fourth-order valence-corrected chi connectivity index (χ4v) is 0.327. The van der Waals surface area contributed by atoms with Crippen molar-refractivity contribution < 1.29 is 9.53 Å². The number of carbonyl (C=O) groups is 1. The van der Waals surface area contributed by atoms with Crippen molar-refractivity contribution in [2.45, 2.75) is 0 Å². The molecule has 0 N–H and O–H groups in total. The second-order valence-electron chi connectivity index (χ2n) is 0.856. The molecule has 0 aromatic heterocycles. The van der Waals surface area contributed by atoms with E-state index in [0.717, 1.165) is 0 Å². The molecule has 0 saturated carbocycles. The normalized spacial score (nSPS) is 10.9. The van der Waals surface area contributed by atoms with Crippen LogP contribution in [0.4, 0.5) is 0 Å². The van der Waals surface area contributed by atoms with Crippen molar-refractivity contribution >= 4 is 22.2 Å². The zero-order valence-corrected chi connectivity index (χ0v) is 5.44. The van der Waals surface area contributed by atoms with Gasteiger partial charge in [0.15, 0.2) is 6.29 Å². The second-order valence-corrected chi connectivity index (χ2v) is 1.77. The van der Waals surface area contributed by atoms with Crippen LogP contribution in [0.3, 0.4) is 0 Å². The minimum Gasteiger partial charge on any atom is -0.503 e. The zero-order valence-electron chi connectivity index (χ0n) is 3.85. The number of halogens is 1. The lowest BCUT2D eigenvalue weighted by Crippen LogP contribution is -1.71. The average Bonchev–Trinajstić information content (AvgIpc) is 1.68. The van der Waals surface area contributed by atoms with Crippen molar-refractivity contribution in [3.8, 4) is 0 Å². The van der Waals surface area contributed by atoms with Gasteiger partial charge in [0.1, 0.15) is 0 Å². The molecule has 0 saturated heterocycles. The third kappa shape index (κ3) is 3.52. The van der Waals surface area contributed by atoms with Crippen LogP contribution < -0.4 is 0 Å². The summed E-state index contributed by atoms with van der Waals surface area (Å²) in [4.78, 5) is 9.70. The molecule has 7 heavy (non-hydrogen) atoms. The Morgan fingerprint density at radius 1 is 1.86 bits per heavy atom. The molecule has 0 aromatic carbocycles. The van der Waals surface area contributed by atoms with E-state index in [1.54, 1.807) is 0 Å². The van der Waals surface area contributed by atoms with Crippen molar-refractivity contribution in [2.75, 3.05) is 7.11 Å². The van der Waals surface area contributed by atoms with Gasteiger partial charge in [0.25, 0.3) is 0 Å². The van der Waals surface area contributed by atoms with Gasteiger partial charge in [-0.15, -0.1) is 0 Å². The van der Waals surface area contributed by atoms with Crippen molar-refractivity contribution in [2.24, 2.45) is 0 Å². The fraction of sp³-hybridized carbons (Fsp3) is 0.250. The van der Waals surface area contributed by atoms with E-state index in [1.807, 2.05) is 0 Å². The third-order valence-electron chi connectivity index (χ3n) is 0.343. The number of rotatable bonds is 2. The largest absolute Gasteiger partial charge is 0.503 e. The monoisotopic (exact) mass is 164 g/mol. The maximum Gasteiger partial charge on any atom is 0.160 e. The number of carbonyl (C=O) groups excluding carboxylic acids is 1. The van der Waals surface area contributed by atoms with Crippen LogP contribution in [0.15, 0.2) is 10.7 Å². The first-order valence-corrected chi connectivity index (χ1v) is 2.44. The van der Waals surface area contributed by atoms with Gasteiger partial charge >= 0.3 is 0 Å². The van der Waals surface area contributed by atoms with E-state index < -0.39 is 0 Å². The number of hydrogen-bond acceptors (Lipinski definition) is 2. The van der Waals surface area contributed by atoms with Crippen LogP contribution in [-0.2, 0) is 9.53 Å². The van der Waals surface area contributed by atoms with Gasteiger partial charge in [0.2, 0.25) is 0 Å². The molecule has 0 fully saturated rings. The molecule has 40 valence electrons. The second kappa shape index (κ2) is 3.87. The van der Waals surface area contributed by atoms with Crippen LogP contribution in [0.2, 0.25) is 0 Å². The molecular formula is C4H5BrO2. The highest BCUT2D eigenvalue weighted by Crippen LogP contribution is 1.97. The number of ether oxygens (including phenoxy) is 1. The highest BCUT2D eigenvalue weighted by atomic mass is 79.9. The molecule has 3 heteroatoms. The Kier molecular flexibility index (Phi) is 3.69. The minimum absolute atomic E-state index is 0.412. The van der Waals surface area contributed by atoms with Gasteiger partial charge in [-0.1, -0.05) is 0 Å².